The van der Waals surface area contributed by atoms with E-state index in [-0.39, 0.29) is 23.7 Å². The number of piperazine rings is 1. The van der Waals surface area contributed by atoms with Crippen LogP contribution in [0.3, 0.4) is 0 Å². The zero-order chi connectivity index (χ0) is 25.2. The van der Waals surface area contributed by atoms with Crippen molar-refractivity contribution in [3.63, 3.8) is 0 Å². The zero-order valence-electron chi connectivity index (χ0n) is 18.8. The lowest BCUT2D eigenvalue weighted by Gasteiger charge is -2.37. The summed E-state index contributed by atoms with van der Waals surface area (Å²) in [4.78, 5) is 29.1. The van der Waals surface area contributed by atoms with Crippen LogP contribution in [0, 0.1) is 5.82 Å². The molecule has 2 aromatic carbocycles. The number of esters is 1. The summed E-state index contributed by atoms with van der Waals surface area (Å²) in [7, 11) is 0. The quantitative estimate of drug-likeness (QED) is 0.399. The van der Waals surface area contributed by atoms with Crippen LogP contribution in [-0.2, 0) is 10.9 Å². The Hall–Kier alpha value is -3.89. The highest BCUT2D eigenvalue weighted by molar-refractivity contribution is 5.93. The number of nitrogens with zero attached hydrogens (tertiary/aromatic N) is 4. The smallest absolute Gasteiger partial charge is 0.416 e. The lowest BCUT2D eigenvalue weighted by molar-refractivity contribution is -0.137. The summed E-state index contributed by atoms with van der Waals surface area (Å²) in [5, 5.41) is 4.21. The van der Waals surface area contributed by atoms with Crippen LogP contribution in [0.15, 0.2) is 59.4 Å². The van der Waals surface area contributed by atoms with E-state index in [1.807, 2.05) is 4.90 Å². The summed E-state index contributed by atoms with van der Waals surface area (Å²) in [6.07, 6.45) is -4.44. The van der Waals surface area contributed by atoms with Crippen LogP contribution in [0.25, 0.3) is 5.69 Å². The van der Waals surface area contributed by atoms with Crippen molar-refractivity contribution >= 4 is 17.3 Å². The highest BCUT2D eigenvalue weighted by Gasteiger charge is 2.31. The Labute approximate surface area is 198 Å². The molecule has 7 nitrogen and oxygen atoms in total. The third-order valence-electron chi connectivity index (χ3n) is 5.61. The fourth-order valence-electron chi connectivity index (χ4n) is 3.88. The molecule has 0 spiro atoms. The van der Waals surface area contributed by atoms with E-state index in [0.29, 0.717) is 31.9 Å². The topological polar surface area (TPSA) is 67.7 Å². The summed E-state index contributed by atoms with van der Waals surface area (Å²) in [5.41, 5.74) is -0.341. The van der Waals surface area contributed by atoms with Gasteiger partial charge in [-0.3, -0.25) is 4.79 Å². The number of anilines is 2. The molecule has 11 heteroatoms. The van der Waals surface area contributed by atoms with Gasteiger partial charge < -0.3 is 14.5 Å². The van der Waals surface area contributed by atoms with Gasteiger partial charge in [0, 0.05) is 37.9 Å². The van der Waals surface area contributed by atoms with Crippen LogP contribution in [0.1, 0.15) is 23.0 Å². The van der Waals surface area contributed by atoms with Gasteiger partial charge in [0.25, 0.3) is 5.56 Å². The van der Waals surface area contributed by atoms with Crippen molar-refractivity contribution in [1.82, 2.24) is 9.78 Å². The van der Waals surface area contributed by atoms with Crippen LogP contribution in [0.5, 0.6) is 0 Å². The van der Waals surface area contributed by atoms with Crippen molar-refractivity contribution in [2.24, 2.45) is 0 Å². The Bertz CT molecular complexity index is 1270. The van der Waals surface area contributed by atoms with Crippen molar-refractivity contribution < 1.29 is 27.1 Å². The van der Waals surface area contributed by atoms with Crippen LogP contribution in [-0.4, -0.2) is 48.5 Å². The Kier molecular flexibility index (Phi) is 6.77. The summed E-state index contributed by atoms with van der Waals surface area (Å²) < 4.78 is 58.7. The highest BCUT2D eigenvalue weighted by Crippen LogP contribution is 2.32. The molecule has 1 fully saturated rings. The predicted octanol–water partition coefficient (Wildman–Crippen LogP) is 3.89. The number of halogens is 4. The second-order valence-corrected chi connectivity index (χ2v) is 7.85. The molecule has 1 aromatic heterocycles. The van der Waals surface area contributed by atoms with Gasteiger partial charge in [0.05, 0.1) is 23.5 Å². The number of benzene rings is 2. The monoisotopic (exact) mass is 490 g/mol. The molecule has 4 rings (SSSR count). The minimum Gasteiger partial charge on any atom is -0.461 e. The van der Waals surface area contributed by atoms with Gasteiger partial charge in [-0.05, 0) is 49.4 Å². The lowest BCUT2D eigenvalue weighted by atomic mass is 10.1. The van der Waals surface area contributed by atoms with Crippen molar-refractivity contribution in [2.45, 2.75) is 13.1 Å². The van der Waals surface area contributed by atoms with Crippen molar-refractivity contribution in [3.05, 3.63) is 82.0 Å². The Morgan fingerprint density at radius 1 is 0.971 bits per heavy atom. The molecule has 0 bridgehead atoms. The SMILES string of the molecule is CCOC(=O)c1nn(-c2ccc(F)cc2)c(=O)cc1N1CCN(c2cccc(C(F)(F)F)c2)CC1. The number of aromatic nitrogens is 2. The highest BCUT2D eigenvalue weighted by atomic mass is 19.4. The second kappa shape index (κ2) is 9.77. The first kappa shape index (κ1) is 24.2. The van der Waals surface area contributed by atoms with E-state index in [4.69, 9.17) is 4.74 Å². The molecule has 1 aliphatic heterocycles. The minimum absolute atomic E-state index is 0.0803. The van der Waals surface area contributed by atoms with Crippen molar-refractivity contribution in [1.29, 1.82) is 0 Å². The van der Waals surface area contributed by atoms with E-state index in [9.17, 15) is 27.2 Å². The molecule has 0 saturated carbocycles. The molecule has 35 heavy (non-hydrogen) atoms. The molecule has 0 unspecified atom stereocenters. The van der Waals surface area contributed by atoms with Gasteiger partial charge in [0.1, 0.15) is 5.82 Å². The Morgan fingerprint density at radius 3 is 2.26 bits per heavy atom. The molecule has 2 heterocycles. The van der Waals surface area contributed by atoms with E-state index < -0.39 is 29.1 Å². The Balaban J connectivity index is 1.61. The van der Waals surface area contributed by atoms with E-state index in [2.05, 4.69) is 5.10 Å². The molecule has 0 atom stereocenters. The molecule has 3 aromatic rings. The minimum atomic E-state index is -4.44. The zero-order valence-corrected chi connectivity index (χ0v) is 18.8. The summed E-state index contributed by atoms with van der Waals surface area (Å²) >= 11 is 0. The maximum atomic E-state index is 13.3. The van der Waals surface area contributed by atoms with Gasteiger partial charge in [-0.15, -0.1) is 0 Å². The van der Waals surface area contributed by atoms with Crippen LogP contribution in [0.4, 0.5) is 28.9 Å². The largest absolute Gasteiger partial charge is 0.461 e. The molecule has 0 N–H and O–H groups in total. The van der Waals surface area contributed by atoms with E-state index in [0.717, 1.165) is 16.8 Å². The average molecular weight is 490 g/mol. The van der Waals surface area contributed by atoms with Gasteiger partial charge in [-0.25, -0.2) is 9.18 Å². The molecule has 1 saturated heterocycles. The van der Waals surface area contributed by atoms with Crippen LogP contribution < -0.4 is 15.4 Å². The van der Waals surface area contributed by atoms with Crippen LogP contribution >= 0.6 is 0 Å². The molecular weight excluding hydrogens is 468 g/mol. The maximum absolute atomic E-state index is 13.3. The molecule has 0 radical (unpaired) electrons. The summed E-state index contributed by atoms with van der Waals surface area (Å²) in [6, 6.07) is 11.4. The lowest BCUT2D eigenvalue weighted by Crippen LogP contribution is -2.47. The average Bonchev–Trinajstić information content (AvgIpc) is 2.84. The van der Waals surface area contributed by atoms with Gasteiger partial charge in [0.2, 0.25) is 0 Å². The van der Waals surface area contributed by atoms with Crippen LogP contribution in [0.2, 0.25) is 0 Å². The normalized spacial score (nSPS) is 14.2. The van der Waals surface area contributed by atoms with Gasteiger partial charge in [-0.2, -0.15) is 23.0 Å². The van der Waals surface area contributed by atoms with Crippen molar-refractivity contribution in [2.75, 3.05) is 42.6 Å². The molecule has 0 aliphatic carbocycles. The number of rotatable bonds is 5. The number of carbonyl (C=O) groups is 1. The first-order chi connectivity index (χ1) is 16.7. The van der Waals surface area contributed by atoms with Gasteiger partial charge in [0.15, 0.2) is 5.69 Å². The second-order valence-electron chi connectivity index (χ2n) is 7.85. The molecular formula is C24H22F4N4O3. The third-order valence-corrected chi connectivity index (χ3v) is 5.61. The summed E-state index contributed by atoms with van der Waals surface area (Å²) in [6.45, 7) is 3.14. The number of hydrogen-bond acceptors (Lipinski definition) is 6. The van der Waals surface area contributed by atoms with Crippen molar-refractivity contribution in [3.8, 4) is 5.69 Å². The maximum Gasteiger partial charge on any atom is 0.416 e. The Morgan fingerprint density at radius 2 is 1.63 bits per heavy atom. The van der Waals surface area contributed by atoms with Gasteiger partial charge in [-0.1, -0.05) is 6.07 Å². The number of carbonyl (C=O) groups excluding carboxylic acids is 1. The number of alkyl halides is 3. The fraction of sp³-hybridized carbons (Fsp3) is 0.292. The molecule has 184 valence electrons. The first-order valence-electron chi connectivity index (χ1n) is 10.9. The van der Waals surface area contributed by atoms with E-state index in [1.165, 1.54) is 36.4 Å². The third kappa shape index (κ3) is 5.28. The molecule has 0 amide bonds. The standard InChI is InChI=1S/C24H22F4N4O3/c1-2-35-23(34)22-20(15-21(33)32(29-22)18-8-6-17(25)7-9-18)31-12-10-30(11-13-31)19-5-3-4-16(14-19)24(26,27)28/h3-9,14-15H,2,10-13H2,1H3. The summed E-state index contributed by atoms with van der Waals surface area (Å²) in [5.74, 6) is -1.21. The number of hydrogen-bond donors (Lipinski definition) is 0. The fourth-order valence-corrected chi connectivity index (χ4v) is 3.88. The number of ether oxygens (including phenoxy) is 1. The molecule has 1 aliphatic rings. The van der Waals surface area contributed by atoms with Gasteiger partial charge >= 0.3 is 12.1 Å². The van der Waals surface area contributed by atoms with E-state index in [1.54, 1.807) is 17.9 Å². The first-order valence-corrected chi connectivity index (χ1v) is 10.9. The predicted molar refractivity (Wildman–Crippen MR) is 122 cm³/mol. The van der Waals surface area contributed by atoms with E-state index >= 15 is 0 Å².